The fourth-order valence-corrected chi connectivity index (χ4v) is 3.98. The number of carbonyl (C=O) groups is 2. The van der Waals surface area contributed by atoms with Crippen LogP contribution in [0.15, 0.2) is 50.5 Å². The first-order valence-corrected chi connectivity index (χ1v) is 11.0. The van der Waals surface area contributed by atoms with E-state index in [1.54, 1.807) is 0 Å². The van der Waals surface area contributed by atoms with Gasteiger partial charge in [-0.25, -0.2) is 0 Å². The van der Waals surface area contributed by atoms with Gasteiger partial charge in [-0.1, -0.05) is 41.6 Å². The summed E-state index contributed by atoms with van der Waals surface area (Å²) in [7, 11) is 0. The van der Waals surface area contributed by atoms with E-state index in [-0.39, 0.29) is 29.3 Å². The molecule has 30 heavy (non-hydrogen) atoms. The first-order chi connectivity index (χ1) is 14.3. The van der Waals surface area contributed by atoms with E-state index in [1.165, 1.54) is 0 Å². The van der Waals surface area contributed by atoms with Gasteiger partial charge in [-0.15, -0.1) is 10.2 Å². The van der Waals surface area contributed by atoms with Gasteiger partial charge in [0.1, 0.15) is 0 Å². The molecule has 1 heterocycles. The average molecular weight is 489 g/mol. The molecule has 0 aliphatic heterocycles. The van der Waals surface area contributed by atoms with E-state index in [9.17, 15) is 9.59 Å². The Balaban J connectivity index is 1.48. The minimum Gasteiger partial charge on any atom is -0.411 e. The number of aromatic nitrogens is 2. The first-order valence-electron chi connectivity index (χ1n) is 9.19. The van der Waals surface area contributed by atoms with Crippen molar-refractivity contribution >= 4 is 45.2 Å². The van der Waals surface area contributed by atoms with Crippen LogP contribution in [0.1, 0.15) is 16.7 Å². The van der Waals surface area contributed by atoms with Gasteiger partial charge < -0.3 is 15.1 Å². The normalized spacial score (nSPS) is 10.7. The number of thioether (sulfide) groups is 1. The minimum absolute atomic E-state index is 0.0630. The number of benzene rings is 2. The summed E-state index contributed by atoms with van der Waals surface area (Å²) in [4.78, 5) is 24.3. The highest BCUT2D eigenvalue weighted by Gasteiger charge is 2.14. The molecular weight excluding hydrogens is 468 g/mol. The second-order valence-electron chi connectivity index (χ2n) is 6.74. The van der Waals surface area contributed by atoms with Crippen LogP contribution in [0, 0.1) is 20.8 Å². The number of nitrogens with one attached hydrogen (secondary N) is 2. The van der Waals surface area contributed by atoms with Gasteiger partial charge in [0.2, 0.25) is 17.7 Å². The lowest BCUT2D eigenvalue weighted by Gasteiger charge is -2.13. The number of amides is 2. The van der Waals surface area contributed by atoms with E-state index in [2.05, 4.69) is 36.8 Å². The zero-order valence-electron chi connectivity index (χ0n) is 16.8. The van der Waals surface area contributed by atoms with Gasteiger partial charge in [-0.3, -0.25) is 9.59 Å². The molecule has 0 unspecified atom stereocenters. The summed E-state index contributed by atoms with van der Waals surface area (Å²) < 4.78 is 6.43. The maximum absolute atomic E-state index is 12.2. The van der Waals surface area contributed by atoms with Crippen molar-refractivity contribution in [2.45, 2.75) is 26.0 Å². The van der Waals surface area contributed by atoms with Crippen molar-refractivity contribution in [1.82, 2.24) is 15.5 Å². The van der Waals surface area contributed by atoms with E-state index in [1.807, 2.05) is 57.2 Å². The number of aryl methyl sites for hydroxylation is 3. The second kappa shape index (κ2) is 9.90. The zero-order chi connectivity index (χ0) is 21.7. The largest absolute Gasteiger partial charge is 0.411 e. The lowest BCUT2D eigenvalue weighted by atomic mass is 10.1. The summed E-state index contributed by atoms with van der Waals surface area (Å²) in [5.41, 5.74) is 4.66. The van der Waals surface area contributed by atoms with Gasteiger partial charge in [-0.05, 0) is 60.0 Å². The van der Waals surface area contributed by atoms with Crippen LogP contribution in [-0.2, 0) is 9.59 Å². The predicted molar refractivity (Wildman–Crippen MR) is 120 cm³/mol. The minimum atomic E-state index is -0.298. The predicted octanol–water partition coefficient (Wildman–Crippen LogP) is 4.27. The SMILES string of the molecule is Cc1cc(C)c(NC(=O)CNC(=O)CSc2nnc(-c3ccccc3Br)o2)c(C)c1. The number of hydrogen-bond donors (Lipinski definition) is 2. The molecule has 0 aliphatic carbocycles. The van der Waals surface area contributed by atoms with Crippen molar-refractivity contribution in [1.29, 1.82) is 0 Å². The van der Waals surface area contributed by atoms with Crippen LogP contribution in [0.2, 0.25) is 0 Å². The Kier molecular flexibility index (Phi) is 7.28. The van der Waals surface area contributed by atoms with E-state index < -0.39 is 0 Å². The quantitative estimate of drug-likeness (QED) is 0.481. The second-order valence-corrected chi connectivity index (χ2v) is 8.52. The monoisotopic (exact) mass is 488 g/mol. The molecule has 9 heteroatoms. The van der Waals surface area contributed by atoms with Gasteiger partial charge in [-0.2, -0.15) is 0 Å². The van der Waals surface area contributed by atoms with Crippen molar-refractivity contribution in [3.63, 3.8) is 0 Å². The van der Waals surface area contributed by atoms with Gasteiger partial charge in [0.05, 0.1) is 17.9 Å². The Labute approximate surface area is 187 Å². The van der Waals surface area contributed by atoms with Crippen molar-refractivity contribution in [3.8, 4) is 11.5 Å². The smallest absolute Gasteiger partial charge is 0.277 e. The van der Waals surface area contributed by atoms with Crippen LogP contribution in [0.25, 0.3) is 11.5 Å². The van der Waals surface area contributed by atoms with Crippen LogP contribution in [-0.4, -0.2) is 34.3 Å². The van der Waals surface area contributed by atoms with Crippen LogP contribution in [0.3, 0.4) is 0 Å². The molecule has 0 aliphatic rings. The summed E-state index contributed by atoms with van der Waals surface area (Å²) in [6.45, 7) is 5.78. The van der Waals surface area contributed by atoms with Crippen molar-refractivity contribution in [2.24, 2.45) is 0 Å². The zero-order valence-corrected chi connectivity index (χ0v) is 19.2. The fraction of sp³-hybridized carbons (Fsp3) is 0.238. The molecule has 0 saturated heterocycles. The van der Waals surface area contributed by atoms with Gasteiger partial charge in [0.25, 0.3) is 5.22 Å². The molecule has 0 saturated carbocycles. The summed E-state index contributed by atoms with van der Waals surface area (Å²) in [5, 5.41) is 13.7. The first kappa shape index (κ1) is 22.0. The Morgan fingerprint density at radius 1 is 1.07 bits per heavy atom. The fourth-order valence-electron chi connectivity index (χ4n) is 2.93. The van der Waals surface area contributed by atoms with Crippen LogP contribution in [0.5, 0.6) is 0 Å². The molecule has 0 bridgehead atoms. The molecule has 0 fully saturated rings. The number of anilines is 1. The molecule has 156 valence electrons. The summed E-state index contributed by atoms with van der Waals surface area (Å²) in [6.07, 6.45) is 0. The third-order valence-electron chi connectivity index (χ3n) is 4.23. The summed E-state index contributed by atoms with van der Waals surface area (Å²) >= 11 is 4.55. The number of carbonyl (C=O) groups excluding carboxylic acids is 2. The third-order valence-corrected chi connectivity index (χ3v) is 5.73. The van der Waals surface area contributed by atoms with E-state index in [4.69, 9.17) is 4.42 Å². The van der Waals surface area contributed by atoms with Gasteiger partial charge >= 0.3 is 0 Å². The molecule has 0 spiro atoms. The summed E-state index contributed by atoms with van der Waals surface area (Å²) in [6, 6.07) is 11.5. The Bertz CT molecular complexity index is 1060. The van der Waals surface area contributed by atoms with Crippen molar-refractivity contribution < 1.29 is 14.0 Å². The lowest BCUT2D eigenvalue weighted by molar-refractivity contribution is -0.122. The highest BCUT2D eigenvalue weighted by molar-refractivity contribution is 9.10. The third kappa shape index (κ3) is 5.70. The van der Waals surface area contributed by atoms with Crippen LogP contribution < -0.4 is 10.6 Å². The molecule has 3 rings (SSSR count). The molecule has 7 nitrogen and oxygen atoms in total. The molecule has 2 aromatic carbocycles. The van der Waals surface area contributed by atoms with Gasteiger partial charge in [0.15, 0.2) is 0 Å². The maximum Gasteiger partial charge on any atom is 0.277 e. The van der Waals surface area contributed by atoms with E-state index >= 15 is 0 Å². The number of rotatable bonds is 7. The highest BCUT2D eigenvalue weighted by atomic mass is 79.9. The van der Waals surface area contributed by atoms with Gasteiger partial charge in [0, 0.05) is 10.2 Å². The lowest BCUT2D eigenvalue weighted by Crippen LogP contribution is -2.34. The molecule has 2 amide bonds. The Hall–Kier alpha value is -2.65. The molecule has 2 N–H and O–H groups in total. The van der Waals surface area contributed by atoms with Crippen molar-refractivity contribution in [2.75, 3.05) is 17.6 Å². The number of nitrogens with zero attached hydrogens (tertiary/aromatic N) is 2. The average Bonchev–Trinajstić information content (AvgIpc) is 3.16. The standard InChI is InChI=1S/C21H21BrN4O3S/c1-12-8-13(2)19(14(3)9-12)24-17(27)10-23-18(28)11-30-21-26-25-20(29-21)15-6-4-5-7-16(15)22/h4-9H,10-11H2,1-3H3,(H,23,28)(H,24,27). The molecule has 3 aromatic rings. The van der Waals surface area contributed by atoms with E-state index in [0.717, 1.165) is 44.2 Å². The topological polar surface area (TPSA) is 97.1 Å². The van der Waals surface area contributed by atoms with Crippen molar-refractivity contribution in [3.05, 3.63) is 57.6 Å². The molecule has 1 aromatic heterocycles. The highest BCUT2D eigenvalue weighted by Crippen LogP contribution is 2.28. The Morgan fingerprint density at radius 2 is 1.77 bits per heavy atom. The maximum atomic E-state index is 12.2. The number of halogens is 1. The summed E-state index contributed by atoms with van der Waals surface area (Å²) in [5.74, 6) is -0.146. The van der Waals surface area contributed by atoms with E-state index in [0.29, 0.717) is 5.89 Å². The molecule has 0 radical (unpaired) electrons. The van der Waals surface area contributed by atoms with Crippen LogP contribution in [0.4, 0.5) is 5.69 Å². The number of hydrogen-bond acceptors (Lipinski definition) is 6. The molecular formula is C21H21BrN4O3S. The Morgan fingerprint density at radius 3 is 2.47 bits per heavy atom. The van der Waals surface area contributed by atoms with Crippen LogP contribution >= 0.6 is 27.7 Å². The molecule has 0 atom stereocenters.